The molecule has 186 valence electrons. The molecule has 0 unspecified atom stereocenters. The van der Waals surface area contributed by atoms with E-state index in [2.05, 4.69) is 82.9 Å². The van der Waals surface area contributed by atoms with Crippen molar-refractivity contribution in [3.63, 3.8) is 0 Å². The largest absolute Gasteiger partial charge is 0.492 e. The third-order valence-electron chi connectivity index (χ3n) is 6.41. The summed E-state index contributed by atoms with van der Waals surface area (Å²) in [5, 5.41) is 0. The lowest BCUT2D eigenvalue weighted by Crippen LogP contribution is -2.11. The second-order valence-corrected chi connectivity index (χ2v) is 12.9. The maximum absolute atomic E-state index is 6.60. The molecule has 2 heterocycles. The highest BCUT2D eigenvalue weighted by Gasteiger charge is 2.32. The SMILES string of the molecule is CC#Cc1ccc(C2=Cc3c(c(OCC(C)C)c4c(c3OCC(C)C)CC(c3ccc(C)s3)=C4)C2)s1. The molecular weight excluding hydrogens is 480 g/mol. The zero-order valence-corrected chi connectivity index (χ0v) is 23.7. The Morgan fingerprint density at radius 3 is 1.78 bits per heavy atom. The van der Waals surface area contributed by atoms with E-state index >= 15 is 0 Å². The lowest BCUT2D eigenvalue weighted by molar-refractivity contribution is 0.260. The molecule has 0 saturated heterocycles. The van der Waals surface area contributed by atoms with Gasteiger partial charge in [-0.25, -0.2) is 0 Å². The average Bonchev–Trinajstić information content (AvgIpc) is 3.61. The van der Waals surface area contributed by atoms with E-state index < -0.39 is 0 Å². The average molecular weight is 515 g/mol. The zero-order chi connectivity index (χ0) is 25.4. The van der Waals surface area contributed by atoms with Crippen molar-refractivity contribution in [2.75, 3.05) is 13.2 Å². The number of benzene rings is 1. The van der Waals surface area contributed by atoms with Gasteiger partial charge in [0.05, 0.1) is 18.1 Å². The van der Waals surface area contributed by atoms with Crippen molar-refractivity contribution in [2.45, 2.75) is 54.4 Å². The van der Waals surface area contributed by atoms with E-state index in [0.29, 0.717) is 25.0 Å². The molecule has 2 aromatic heterocycles. The molecule has 0 fully saturated rings. The summed E-state index contributed by atoms with van der Waals surface area (Å²) in [6.45, 7) is 14.3. The van der Waals surface area contributed by atoms with Crippen LogP contribution in [0.4, 0.5) is 0 Å². The van der Waals surface area contributed by atoms with Crippen LogP contribution in [0.15, 0.2) is 24.3 Å². The van der Waals surface area contributed by atoms with Gasteiger partial charge in [0.1, 0.15) is 11.5 Å². The fraction of sp³-hybridized carbons (Fsp3) is 0.375. The smallest absolute Gasteiger partial charge is 0.131 e. The van der Waals surface area contributed by atoms with Crippen LogP contribution in [0.25, 0.3) is 23.3 Å². The van der Waals surface area contributed by atoms with Gasteiger partial charge in [-0.2, -0.15) is 0 Å². The second-order valence-electron chi connectivity index (χ2n) is 10.5. The molecule has 3 aromatic rings. The normalized spacial score (nSPS) is 13.9. The maximum atomic E-state index is 6.60. The van der Waals surface area contributed by atoms with Crippen LogP contribution in [0.5, 0.6) is 11.5 Å². The van der Waals surface area contributed by atoms with Gasteiger partial charge < -0.3 is 9.47 Å². The second kappa shape index (κ2) is 10.3. The molecule has 2 aliphatic rings. The molecule has 0 N–H and O–H groups in total. The van der Waals surface area contributed by atoms with Crippen molar-refractivity contribution in [2.24, 2.45) is 11.8 Å². The third-order valence-corrected chi connectivity index (χ3v) is 8.56. The van der Waals surface area contributed by atoms with Gasteiger partial charge in [-0.15, -0.1) is 28.6 Å². The van der Waals surface area contributed by atoms with Crippen molar-refractivity contribution in [1.29, 1.82) is 0 Å². The van der Waals surface area contributed by atoms with Crippen LogP contribution >= 0.6 is 22.7 Å². The summed E-state index contributed by atoms with van der Waals surface area (Å²) in [6.07, 6.45) is 6.44. The Morgan fingerprint density at radius 1 is 0.778 bits per heavy atom. The predicted molar refractivity (Wildman–Crippen MR) is 156 cm³/mol. The van der Waals surface area contributed by atoms with Gasteiger partial charge in [-0.3, -0.25) is 0 Å². The highest BCUT2D eigenvalue weighted by Crippen LogP contribution is 2.52. The highest BCUT2D eigenvalue weighted by atomic mass is 32.1. The molecule has 0 bridgehead atoms. The first-order valence-electron chi connectivity index (χ1n) is 12.8. The van der Waals surface area contributed by atoms with Crippen molar-refractivity contribution < 1.29 is 9.47 Å². The Labute approximate surface area is 223 Å². The molecular formula is C32H34O2S2. The highest BCUT2D eigenvalue weighted by molar-refractivity contribution is 7.13. The number of thiophene rings is 2. The third kappa shape index (κ3) is 4.92. The summed E-state index contributed by atoms with van der Waals surface area (Å²) in [7, 11) is 0. The molecule has 0 saturated carbocycles. The molecule has 0 aliphatic heterocycles. The van der Waals surface area contributed by atoms with Crippen molar-refractivity contribution in [3.8, 4) is 23.3 Å². The van der Waals surface area contributed by atoms with Crippen LogP contribution in [-0.4, -0.2) is 13.2 Å². The van der Waals surface area contributed by atoms with E-state index in [-0.39, 0.29) is 0 Å². The van der Waals surface area contributed by atoms with Crippen molar-refractivity contribution in [3.05, 3.63) is 66.0 Å². The minimum atomic E-state index is 0.458. The van der Waals surface area contributed by atoms with E-state index in [0.717, 1.165) is 29.2 Å². The number of aryl methyl sites for hydroxylation is 1. The monoisotopic (exact) mass is 514 g/mol. The number of hydrogen-bond donors (Lipinski definition) is 0. The van der Waals surface area contributed by atoms with Crippen molar-refractivity contribution >= 4 is 46.0 Å². The fourth-order valence-electron chi connectivity index (χ4n) is 4.79. The minimum absolute atomic E-state index is 0.458. The molecule has 0 radical (unpaired) electrons. The molecule has 2 nitrogen and oxygen atoms in total. The van der Waals surface area contributed by atoms with Gasteiger partial charge in [0.15, 0.2) is 0 Å². The first-order chi connectivity index (χ1) is 17.3. The molecule has 1 aromatic carbocycles. The zero-order valence-electron chi connectivity index (χ0n) is 22.1. The summed E-state index contributed by atoms with van der Waals surface area (Å²) in [4.78, 5) is 5.07. The molecule has 4 heteroatoms. The summed E-state index contributed by atoms with van der Waals surface area (Å²) in [6, 6.07) is 8.80. The first kappa shape index (κ1) is 24.9. The fourth-order valence-corrected chi connectivity index (χ4v) is 6.59. The minimum Gasteiger partial charge on any atom is -0.492 e. The van der Waals surface area contributed by atoms with Crippen LogP contribution in [0.2, 0.25) is 0 Å². The van der Waals surface area contributed by atoms with E-state index in [4.69, 9.17) is 9.47 Å². The van der Waals surface area contributed by atoms with Crippen LogP contribution in [0.1, 0.15) is 76.4 Å². The lowest BCUT2D eigenvalue weighted by Gasteiger charge is -2.21. The van der Waals surface area contributed by atoms with Gasteiger partial charge in [-0.1, -0.05) is 33.6 Å². The summed E-state index contributed by atoms with van der Waals surface area (Å²) in [5.74, 6) is 9.24. The van der Waals surface area contributed by atoms with E-state index in [1.165, 1.54) is 48.0 Å². The van der Waals surface area contributed by atoms with Crippen molar-refractivity contribution in [1.82, 2.24) is 0 Å². The Morgan fingerprint density at radius 2 is 1.31 bits per heavy atom. The summed E-state index contributed by atoms with van der Waals surface area (Å²) < 4.78 is 13.2. The Bertz CT molecular complexity index is 1420. The number of hydrogen-bond acceptors (Lipinski definition) is 4. The topological polar surface area (TPSA) is 18.5 Å². The Kier molecular flexibility index (Phi) is 7.15. The Balaban J connectivity index is 1.63. The van der Waals surface area contributed by atoms with Gasteiger partial charge in [-0.05, 0) is 73.2 Å². The van der Waals surface area contributed by atoms with Crippen LogP contribution in [0, 0.1) is 30.6 Å². The van der Waals surface area contributed by atoms with Gasteiger partial charge in [0.25, 0.3) is 0 Å². The van der Waals surface area contributed by atoms with E-state index in [1.807, 2.05) is 18.3 Å². The number of allylic oxidation sites excluding steroid dienone is 2. The molecule has 5 rings (SSSR count). The van der Waals surface area contributed by atoms with E-state index in [1.54, 1.807) is 11.3 Å². The molecule has 0 spiro atoms. The number of fused-ring (bicyclic) bond motifs is 2. The molecule has 0 atom stereocenters. The molecule has 2 aliphatic carbocycles. The summed E-state index contributed by atoms with van der Waals surface area (Å²) >= 11 is 3.63. The van der Waals surface area contributed by atoms with Crippen LogP contribution < -0.4 is 9.47 Å². The van der Waals surface area contributed by atoms with Gasteiger partial charge in [0.2, 0.25) is 0 Å². The van der Waals surface area contributed by atoms with Crippen LogP contribution in [0.3, 0.4) is 0 Å². The standard InChI is InChI=1S/C32H34O2S2/c1-7-8-24-10-12-30(36-24)23-15-27-28(16-23)32(34-18-20(4)5)26-14-22(29-11-9-21(6)35-29)13-25(26)31(27)33-17-19(2)3/h9-13,16,19-20H,14-15,17-18H2,1-6H3. The first-order valence-corrected chi connectivity index (χ1v) is 14.5. The number of ether oxygens (including phenoxy) is 2. The van der Waals surface area contributed by atoms with Crippen LogP contribution in [-0.2, 0) is 12.8 Å². The molecule has 0 amide bonds. The number of rotatable bonds is 8. The quantitative estimate of drug-likeness (QED) is 0.280. The molecule has 36 heavy (non-hydrogen) atoms. The Hall–Kier alpha value is -2.74. The lowest BCUT2D eigenvalue weighted by atomic mass is 9.97. The van der Waals surface area contributed by atoms with E-state index in [9.17, 15) is 0 Å². The van der Waals surface area contributed by atoms with Gasteiger partial charge >= 0.3 is 0 Å². The van der Waals surface area contributed by atoms with Gasteiger partial charge in [0, 0.05) is 49.7 Å². The maximum Gasteiger partial charge on any atom is 0.131 e. The predicted octanol–water partition coefficient (Wildman–Crippen LogP) is 8.75. The summed E-state index contributed by atoms with van der Waals surface area (Å²) in [5.41, 5.74) is 7.64.